The smallest absolute Gasteiger partial charge is 0.417 e. The molecule has 14 heteroatoms. The summed E-state index contributed by atoms with van der Waals surface area (Å²) in [6.07, 6.45) is -10.5. The number of alkyl halides is 6. The second kappa shape index (κ2) is 16.2. The van der Waals surface area contributed by atoms with Crippen LogP contribution in [0.15, 0.2) is 146 Å². The Bertz CT molecular complexity index is 2550. The van der Waals surface area contributed by atoms with Gasteiger partial charge in [-0.15, -0.1) is 0 Å². The van der Waals surface area contributed by atoms with E-state index in [0.29, 0.717) is 34.4 Å². The minimum atomic E-state index is -5.24. The predicted molar refractivity (Wildman–Crippen MR) is 217 cm³/mol. The first-order valence-corrected chi connectivity index (χ1v) is 18.2. The van der Waals surface area contributed by atoms with Gasteiger partial charge in [0.15, 0.2) is 0 Å². The minimum absolute atomic E-state index is 0.0964. The summed E-state index contributed by atoms with van der Waals surface area (Å²) in [5.74, 6) is -4.99. The standard InChI is InChI=1S/C48H28F6O8/c49-47(50,51)41-24-40(38-21-35(27-5-13-31(14-6-27)45(59)60)18-36(22-38)28-7-15-32(16-8-28)46(61)62)42(48(52,53)54)23-39(41)37-19-33(25-1-9-29(10-2-25)43(55)56)17-34(20-37)26-3-11-30(12-4-26)44(57)58/h1-24H,(H,55,56)(H,57,58)(H,59,60)(H,61,62). The van der Waals surface area contributed by atoms with E-state index in [4.69, 9.17) is 0 Å². The molecule has 0 aromatic heterocycles. The number of halogens is 6. The van der Waals surface area contributed by atoms with Crippen molar-refractivity contribution in [3.05, 3.63) is 179 Å². The molecule has 0 radical (unpaired) electrons. The lowest BCUT2D eigenvalue weighted by molar-refractivity contribution is -0.140. The van der Waals surface area contributed by atoms with Crippen molar-refractivity contribution in [2.45, 2.75) is 12.4 Å². The normalized spacial score (nSPS) is 11.6. The van der Waals surface area contributed by atoms with Crippen LogP contribution < -0.4 is 0 Å². The first-order valence-electron chi connectivity index (χ1n) is 18.2. The summed E-state index contributed by atoms with van der Waals surface area (Å²) in [4.78, 5) is 46.2. The zero-order valence-electron chi connectivity index (χ0n) is 31.5. The molecule has 0 spiro atoms. The minimum Gasteiger partial charge on any atom is -0.478 e. The molecular weight excluding hydrogens is 819 g/mol. The molecule has 310 valence electrons. The van der Waals surface area contributed by atoms with Gasteiger partial charge in [0.25, 0.3) is 0 Å². The van der Waals surface area contributed by atoms with E-state index < -0.39 is 58.5 Å². The largest absolute Gasteiger partial charge is 0.478 e. The van der Waals surface area contributed by atoms with Gasteiger partial charge in [-0.05, 0) is 164 Å². The van der Waals surface area contributed by atoms with Gasteiger partial charge in [0.05, 0.1) is 33.4 Å². The topological polar surface area (TPSA) is 149 Å². The fourth-order valence-corrected chi connectivity index (χ4v) is 7.00. The molecule has 0 saturated carbocycles. The summed E-state index contributed by atoms with van der Waals surface area (Å²) in [5.41, 5.74) is -3.41. The van der Waals surface area contributed by atoms with Crippen molar-refractivity contribution in [1.29, 1.82) is 0 Å². The van der Waals surface area contributed by atoms with E-state index in [0.717, 1.165) is 0 Å². The Morgan fingerprint density at radius 2 is 0.484 bits per heavy atom. The van der Waals surface area contributed by atoms with Gasteiger partial charge in [-0.25, -0.2) is 19.2 Å². The highest BCUT2D eigenvalue weighted by Gasteiger charge is 2.40. The summed E-state index contributed by atoms with van der Waals surface area (Å²) in [5, 5.41) is 37.7. The molecule has 7 rings (SSSR count). The third-order valence-corrected chi connectivity index (χ3v) is 10.1. The second-order valence-corrected chi connectivity index (χ2v) is 14.1. The molecule has 0 aliphatic carbocycles. The lowest BCUT2D eigenvalue weighted by atomic mass is 9.86. The Balaban J connectivity index is 1.49. The van der Waals surface area contributed by atoms with E-state index in [2.05, 4.69) is 0 Å². The van der Waals surface area contributed by atoms with E-state index in [1.807, 2.05) is 0 Å². The van der Waals surface area contributed by atoms with Crippen LogP contribution in [0.25, 0.3) is 66.8 Å². The van der Waals surface area contributed by atoms with Crippen LogP contribution in [-0.4, -0.2) is 44.3 Å². The number of hydrogen-bond donors (Lipinski definition) is 4. The molecule has 7 aromatic carbocycles. The van der Waals surface area contributed by atoms with Crippen molar-refractivity contribution in [3.63, 3.8) is 0 Å². The lowest BCUT2D eigenvalue weighted by Gasteiger charge is -2.22. The van der Waals surface area contributed by atoms with Crippen LogP contribution in [0.2, 0.25) is 0 Å². The van der Waals surface area contributed by atoms with Crippen LogP contribution >= 0.6 is 0 Å². The number of hydrogen-bond acceptors (Lipinski definition) is 4. The third kappa shape index (κ3) is 8.80. The van der Waals surface area contributed by atoms with E-state index in [-0.39, 0.29) is 55.6 Å². The van der Waals surface area contributed by atoms with Crippen LogP contribution in [0.5, 0.6) is 0 Å². The molecule has 62 heavy (non-hydrogen) atoms. The summed E-state index contributed by atoms with van der Waals surface area (Å²) in [6.45, 7) is 0. The van der Waals surface area contributed by atoms with Crippen molar-refractivity contribution in [3.8, 4) is 66.8 Å². The summed E-state index contributed by atoms with van der Waals surface area (Å²) in [7, 11) is 0. The van der Waals surface area contributed by atoms with Crippen LogP contribution in [0.3, 0.4) is 0 Å². The Labute approximate surface area is 347 Å². The molecule has 0 fully saturated rings. The number of carbonyl (C=O) groups is 4. The van der Waals surface area contributed by atoms with Gasteiger partial charge in [0, 0.05) is 0 Å². The Morgan fingerprint density at radius 1 is 0.290 bits per heavy atom. The summed E-state index contributed by atoms with van der Waals surface area (Å²) in [6, 6.07) is 30.1. The zero-order chi connectivity index (χ0) is 44.7. The Morgan fingerprint density at radius 3 is 0.661 bits per heavy atom. The van der Waals surface area contributed by atoms with E-state index in [9.17, 15) is 39.6 Å². The quantitative estimate of drug-likeness (QED) is 0.0994. The Hall–Kier alpha value is -8.00. The van der Waals surface area contributed by atoms with Gasteiger partial charge in [-0.2, -0.15) is 26.3 Å². The SMILES string of the molecule is O=C(O)c1ccc(-c2cc(-c3ccc(C(=O)O)cc3)cc(-c3cc(C(F)(F)F)c(-c4cc(-c5ccc(C(=O)O)cc5)cc(-c5ccc(C(=O)O)cc5)c4)cc3C(F)(F)F)c2)cc1. The third-order valence-electron chi connectivity index (χ3n) is 10.1. The van der Waals surface area contributed by atoms with Gasteiger partial charge in [0.2, 0.25) is 0 Å². The van der Waals surface area contributed by atoms with Gasteiger partial charge in [0.1, 0.15) is 0 Å². The summed E-state index contributed by atoms with van der Waals surface area (Å²) < 4.78 is 92.1. The van der Waals surface area contributed by atoms with E-state index in [1.165, 1.54) is 133 Å². The second-order valence-electron chi connectivity index (χ2n) is 14.1. The van der Waals surface area contributed by atoms with Gasteiger partial charge < -0.3 is 20.4 Å². The van der Waals surface area contributed by atoms with Gasteiger partial charge in [-0.3, -0.25) is 0 Å². The summed E-state index contributed by atoms with van der Waals surface area (Å²) >= 11 is 0. The molecule has 0 heterocycles. The maximum absolute atomic E-state index is 15.4. The highest BCUT2D eigenvalue weighted by atomic mass is 19.4. The number of benzene rings is 7. The highest BCUT2D eigenvalue weighted by Crippen LogP contribution is 2.48. The van der Waals surface area contributed by atoms with Crippen molar-refractivity contribution in [2.24, 2.45) is 0 Å². The number of rotatable bonds is 10. The maximum Gasteiger partial charge on any atom is 0.417 e. The van der Waals surface area contributed by atoms with Crippen LogP contribution in [-0.2, 0) is 12.4 Å². The Kier molecular flexibility index (Phi) is 11.0. The molecule has 0 amide bonds. The van der Waals surface area contributed by atoms with Crippen molar-refractivity contribution >= 4 is 23.9 Å². The number of carboxylic acids is 4. The first-order chi connectivity index (χ1) is 29.3. The molecule has 8 nitrogen and oxygen atoms in total. The number of aromatic carboxylic acids is 4. The van der Waals surface area contributed by atoms with Crippen LogP contribution in [0.4, 0.5) is 26.3 Å². The highest BCUT2D eigenvalue weighted by molar-refractivity contribution is 5.93. The molecule has 0 aliphatic rings. The molecule has 0 aliphatic heterocycles. The fraction of sp³-hybridized carbons (Fsp3) is 0.0417. The molecule has 0 saturated heterocycles. The maximum atomic E-state index is 15.4. The lowest BCUT2D eigenvalue weighted by Crippen LogP contribution is -2.13. The molecular formula is C48H28F6O8. The number of carboxylic acid groups (broad SMARTS) is 4. The first kappa shape index (κ1) is 42.1. The van der Waals surface area contributed by atoms with Crippen molar-refractivity contribution < 1.29 is 65.9 Å². The van der Waals surface area contributed by atoms with Gasteiger partial charge in [-0.1, -0.05) is 48.5 Å². The van der Waals surface area contributed by atoms with Gasteiger partial charge >= 0.3 is 36.2 Å². The molecule has 0 atom stereocenters. The van der Waals surface area contributed by atoms with Crippen molar-refractivity contribution in [1.82, 2.24) is 0 Å². The molecule has 7 aromatic rings. The monoisotopic (exact) mass is 846 g/mol. The zero-order valence-corrected chi connectivity index (χ0v) is 31.5. The molecule has 4 N–H and O–H groups in total. The predicted octanol–water partition coefficient (Wildman–Crippen LogP) is 12.5. The van der Waals surface area contributed by atoms with Crippen molar-refractivity contribution in [2.75, 3.05) is 0 Å². The molecule has 0 bridgehead atoms. The van der Waals surface area contributed by atoms with E-state index >= 15 is 26.3 Å². The van der Waals surface area contributed by atoms with E-state index in [1.54, 1.807) is 0 Å². The molecule has 0 unspecified atom stereocenters. The average Bonchev–Trinajstić information content (AvgIpc) is 3.25. The van der Waals surface area contributed by atoms with Crippen LogP contribution in [0, 0.1) is 0 Å². The van der Waals surface area contributed by atoms with Crippen LogP contribution in [0.1, 0.15) is 52.6 Å². The average molecular weight is 847 g/mol. The fourth-order valence-electron chi connectivity index (χ4n) is 7.00.